The van der Waals surface area contributed by atoms with E-state index in [0.29, 0.717) is 16.8 Å². The third-order valence-corrected chi connectivity index (χ3v) is 2.20. The number of nitrogens with zero attached hydrogens (tertiary/aromatic N) is 1. The monoisotopic (exact) mass is 273 g/mol. The van der Waals surface area contributed by atoms with Crippen molar-refractivity contribution in [3.63, 3.8) is 0 Å². The van der Waals surface area contributed by atoms with E-state index in [-0.39, 0.29) is 31.4 Å². The molecule has 0 spiro atoms. The van der Waals surface area contributed by atoms with Crippen molar-refractivity contribution in [3.05, 3.63) is 29.1 Å². The maximum Gasteiger partial charge on any atom is 0.330 e. The van der Waals surface area contributed by atoms with Crippen LogP contribution >= 0.6 is 12.4 Å². The number of pyridine rings is 1. The highest BCUT2D eigenvalue weighted by molar-refractivity contribution is 5.88. The molecule has 1 heterocycles. The third-order valence-electron chi connectivity index (χ3n) is 2.20. The van der Waals surface area contributed by atoms with Crippen LogP contribution in [0.15, 0.2) is 12.3 Å². The normalized spacial score (nSPS) is 10.2. The quantitative estimate of drug-likeness (QED) is 0.643. The smallest absolute Gasteiger partial charge is 0.330 e. The highest BCUT2D eigenvalue weighted by atomic mass is 35.5. The Hall–Kier alpha value is -1.59. The molecule has 0 aromatic carbocycles. The van der Waals surface area contributed by atoms with Crippen molar-refractivity contribution < 1.29 is 19.7 Å². The summed E-state index contributed by atoms with van der Waals surface area (Å²) in [5.41, 5.74) is 1.27. The second-order valence-corrected chi connectivity index (χ2v) is 3.37. The highest BCUT2D eigenvalue weighted by Gasteiger charge is 2.09. The minimum Gasteiger partial charge on any atom is -0.505 e. The lowest BCUT2D eigenvalue weighted by Crippen LogP contribution is -2.00. The zero-order valence-corrected chi connectivity index (χ0v) is 11.0. The van der Waals surface area contributed by atoms with Crippen LogP contribution < -0.4 is 0 Å². The first kappa shape index (κ1) is 16.4. The van der Waals surface area contributed by atoms with Gasteiger partial charge in [-0.1, -0.05) is 0 Å². The molecule has 0 amide bonds. The molecule has 0 saturated heterocycles. The number of rotatable bonds is 4. The first-order valence-electron chi connectivity index (χ1n) is 5.23. The summed E-state index contributed by atoms with van der Waals surface area (Å²) >= 11 is 0. The Morgan fingerprint density at radius 2 is 2.22 bits per heavy atom. The molecular formula is C12H16ClNO4. The van der Waals surface area contributed by atoms with Crippen LogP contribution in [0.4, 0.5) is 0 Å². The Balaban J connectivity index is 0.00000289. The molecule has 0 aliphatic heterocycles. The molecule has 1 aromatic heterocycles. The lowest BCUT2D eigenvalue weighted by atomic mass is 10.1. The van der Waals surface area contributed by atoms with E-state index in [0.717, 1.165) is 0 Å². The van der Waals surface area contributed by atoms with Gasteiger partial charge in [-0.15, -0.1) is 12.4 Å². The molecule has 0 fully saturated rings. The molecule has 0 radical (unpaired) electrons. The number of ether oxygens (including phenoxy) is 1. The van der Waals surface area contributed by atoms with E-state index in [1.165, 1.54) is 18.3 Å². The molecule has 2 N–H and O–H groups in total. The van der Waals surface area contributed by atoms with Gasteiger partial charge in [0.1, 0.15) is 5.75 Å². The van der Waals surface area contributed by atoms with Crippen molar-refractivity contribution in [3.8, 4) is 5.75 Å². The number of aliphatic hydroxyl groups is 1. The summed E-state index contributed by atoms with van der Waals surface area (Å²) in [5.74, 6) is -0.539. The molecule has 1 aromatic rings. The van der Waals surface area contributed by atoms with Gasteiger partial charge in [-0.2, -0.15) is 0 Å². The minimum atomic E-state index is -0.495. The first-order chi connectivity index (χ1) is 8.10. The number of carbonyl (C=O) groups excluding carboxylic acids is 1. The fourth-order valence-corrected chi connectivity index (χ4v) is 1.31. The van der Waals surface area contributed by atoms with E-state index in [1.54, 1.807) is 13.8 Å². The topological polar surface area (TPSA) is 79.7 Å². The van der Waals surface area contributed by atoms with Gasteiger partial charge < -0.3 is 14.9 Å². The highest BCUT2D eigenvalue weighted by Crippen LogP contribution is 2.25. The number of aliphatic hydroxyl groups excluding tert-OH is 1. The van der Waals surface area contributed by atoms with E-state index in [1.807, 2.05) is 0 Å². The number of esters is 1. The van der Waals surface area contributed by atoms with Gasteiger partial charge >= 0.3 is 5.97 Å². The van der Waals surface area contributed by atoms with E-state index in [9.17, 15) is 9.90 Å². The van der Waals surface area contributed by atoms with Crippen molar-refractivity contribution in [1.82, 2.24) is 4.98 Å². The van der Waals surface area contributed by atoms with Crippen LogP contribution in [0.2, 0.25) is 0 Å². The number of hydrogen-bond acceptors (Lipinski definition) is 5. The Morgan fingerprint density at radius 3 is 2.78 bits per heavy atom. The molecule has 0 unspecified atom stereocenters. The standard InChI is InChI=1S/C12H15NO4.ClH/c1-3-17-11(15)5-4-10-9(7-14)6-13-8(2)12(10)16;/h4-6,14,16H,3,7H2,1-2H3;1H/b5-4+;. The Morgan fingerprint density at radius 1 is 1.56 bits per heavy atom. The average Bonchev–Trinajstić information content (AvgIpc) is 2.31. The van der Waals surface area contributed by atoms with Crippen LogP contribution in [0.1, 0.15) is 23.7 Å². The minimum absolute atomic E-state index is 0. The number of hydrogen-bond donors (Lipinski definition) is 2. The van der Waals surface area contributed by atoms with E-state index in [2.05, 4.69) is 4.98 Å². The fourth-order valence-electron chi connectivity index (χ4n) is 1.31. The van der Waals surface area contributed by atoms with Crippen molar-refractivity contribution >= 4 is 24.5 Å². The van der Waals surface area contributed by atoms with Crippen LogP contribution in [0.25, 0.3) is 6.08 Å². The molecule has 5 nitrogen and oxygen atoms in total. The molecule has 100 valence electrons. The summed E-state index contributed by atoms with van der Waals surface area (Å²) in [6.45, 7) is 3.37. The number of halogens is 1. The number of aromatic nitrogens is 1. The van der Waals surface area contributed by atoms with Crippen LogP contribution in [-0.4, -0.2) is 27.8 Å². The van der Waals surface area contributed by atoms with Crippen molar-refractivity contribution in [1.29, 1.82) is 0 Å². The molecule has 0 aliphatic carbocycles. The summed E-state index contributed by atoms with van der Waals surface area (Å²) in [6.07, 6.45) is 4.07. The van der Waals surface area contributed by atoms with Crippen molar-refractivity contribution in [2.45, 2.75) is 20.5 Å². The zero-order chi connectivity index (χ0) is 12.8. The predicted octanol–water partition coefficient (Wildman–Crippen LogP) is 1.59. The van der Waals surface area contributed by atoms with Crippen LogP contribution in [0.5, 0.6) is 5.75 Å². The van der Waals surface area contributed by atoms with Gasteiger partial charge in [0, 0.05) is 23.4 Å². The number of aromatic hydroxyl groups is 1. The summed E-state index contributed by atoms with van der Waals surface area (Å²) in [7, 11) is 0. The summed E-state index contributed by atoms with van der Waals surface area (Å²) in [4.78, 5) is 15.1. The maximum absolute atomic E-state index is 11.1. The fraction of sp³-hybridized carbons (Fsp3) is 0.333. The SMILES string of the molecule is CCOC(=O)/C=C/c1c(CO)cnc(C)c1O.Cl. The molecule has 0 saturated carbocycles. The van der Waals surface area contributed by atoms with Crippen molar-refractivity contribution in [2.75, 3.05) is 6.61 Å². The zero-order valence-electron chi connectivity index (χ0n) is 10.2. The Bertz CT molecular complexity index is 446. The first-order valence-corrected chi connectivity index (χ1v) is 5.23. The third kappa shape index (κ3) is 4.01. The van der Waals surface area contributed by atoms with Gasteiger partial charge in [-0.05, 0) is 19.9 Å². The summed E-state index contributed by atoms with van der Waals surface area (Å²) in [5, 5.41) is 18.9. The molecule has 1 rings (SSSR count). The lowest BCUT2D eigenvalue weighted by Gasteiger charge is -2.07. The van der Waals surface area contributed by atoms with Crippen LogP contribution in [0, 0.1) is 6.92 Å². The van der Waals surface area contributed by atoms with Crippen LogP contribution in [-0.2, 0) is 16.1 Å². The van der Waals surface area contributed by atoms with Gasteiger partial charge in [0.25, 0.3) is 0 Å². The van der Waals surface area contributed by atoms with Gasteiger partial charge in [0.15, 0.2) is 0 Å². The average molecular weight is 274 g/mol. The number of aryl methyl sites for hydroxylation is 1. The lowest BCUT2D eigenvalue weighted by molar-refractivity contribution is -0.137. The van der Waals surface area contributed by atoms with E-state index < -0.39 is 5.97 Å². The Labute approximate surface area is 112 Å². The molecule has 0 aliphatic rings. The molecule has 0 atom stereocenters. The molecule has 18 heavy (non-hydrogen) atoms. The second-order valence-electron chi connectivity index (χ2n) is 3.37. The summed E-state index contributed by atoms with van der Waals surface area (Å²) < 4.78 is 4.72. The van der Waals surface area contributed by atoms with E-state index in [4.69, 9.17) is 9.84 Å². The molecular weight excluding hydrogens is 258 g/mol. The maximum atomic E-state index is 11.1. The van der Waals surface area contributed by atoms with Crippen molar-refractivity contribution in [2.24, 2.45) is 0 Å². The Kier molecular flexibility index (Phi) is 7.00. The number of carbonyl (C=O) groups is 1. The largest absolute Gasteiger partial charge is 0.505 e. The van der Waals surface area contributed by atoms with Gasteiger partial charge in [-0.25, -0.2) is 4.79 Å². The van der Waals surface area contributed by atoms with Gasteiger partial charge in [0.05, 0.1) is 18.9 Å². The predicted molar refractivity (Wildman–Crippen MR) is 69.5 cm³/mol. The van der Waals surface area contributed by atoms with Crippen LogP contribution in [0.3, 0.4) is 0 Å². The summed E-state index contributed by atoms with van der Waals surface area (Å²) in [6, 6.07) is 0. The van der Waals surface area contributed by atoms with Gasteiger partial charge in [0.2, 0.25) is 0 Å². The van der Waals surface area contributed by atoms with Gasteiger partial charge in [-0.3, -0.25) is 4.98 Å². The van der Waals surface area contributed by atoms with E-state index >= 15 is 0 Å². The molecule has 6 heteroatoms. The second kappa shape index (κ2) is 7.68. The molecule has 0 bridgehead atoms.